The maximum absolute atomic E-state index is 14.5. The third kappa shape index (κ3) is 8.80. The molecular weight excluding hydrogens is 776 g/mol. The number of fused-ring (bicyclic) bond motifs is 3. The highest BCUT2D eigenvalue weighted by Crippen LogP contribution is 2.45. The van der Waals surface area contributed by atoms with Crippen molar-refractivity contribution in [2.45, 2.75) is 118 Å². The monoisotopic (exact) mass is 822 g/mol. The minimum absolute atomic E-state index is 0.00222. The summed E-state index contributed by atoms with van der Waals surface area (Å²) in [7, 11) is -4.58. The number of hydrogen-bond donors (Lipinski definition) is 4. The Bertz CT molecular complexity index is 2110. The molecule has 3 aliphatic heterocycles. The van der Waals surface area contributed by atoms with Gasteiger partial charge in [-0.05, 0) is 62.3 Å². The molecule has 1 spiro atoms. The van der Waals surface area contributed by atoms with Gasteiger partial charge in [0.1, 0.15) is 34.5 Å². The summed E-state index contributed by atoms with van der Waals surface area (Å²) in [6.45, 7) is 3.62. The van der Waals surface area contributed by atoms with Gasteiger partial charge in [0.15, 0.2) is 0 Å². The lowest BCUT2D eigenvalue weighted by Crippen LogP contribution is -2.56. The van der Waals surface area contributed by atoms with Gasteiger partial charge in [-0.2, -0.15) is 0 Å². The van der Waals surface area contributed by atoms with Gasteiger partial charge in [0.25, 0.3) is 15.9 Å². The SMILES string of the molecule is C=C[C@H]1C[C@]12NC(=O)[C@@H]1C[C@@H](OC(=O)N3Cc4cccc(F)c4C3)CN1C(=O)CC(NC(=O)OC1CCC1)CCCCCC(=O)Nc1ccccc1S(=O)(=O)NC2=O. The number of amides is 6. The second-order valence-corrected chi connectivity index (χ2v) is 17.3. The first-order chi connectivity index (χ1) is 27.8. The lowest BCUT2D eigenvalue weighted by Gasteiger charge is -2.29. The fraction of sp³-hybridized carbons (Fsp3) is 0.500. The minimum Gasteiger partial charge on any atom is -0.446 e. The first kappa shape index (κ1) is 40.7. The highest BCUT2D eigenvalue weighted by molar-refractivity contribution is 7.90. The normalized spacial score (nSPS) is 27.7. The number of rotatable bonds is 4. The predicted octanol–water partition coefficient (Wildman–Crippen LogP) is 3.75. The van der Waals surface area contributed by atoms with E-state index in [1.165, 1.54) is 46.2 Å². The molecule has 18 heteroatoms. The molecule has 58 heavy (non-hydrogen) atoms. The van der Waals surface area contributed by atoms with Gasteiger partial charge in [-0.15, -0.1) is 6.58 Å². The highest BCUT2D eigenvalue weighted by Gasteiger charge is 2.61. The fourth-order valence-electron chi connectivity index (χ4n) is 8.00. The summed E-state index contributed by atoms with van der Waals surface area (Å²) < 4.78 is 55.2. The maximum atomic E-state index is 14.5. The zero-order valence-corrected chi connectivity index (χ0v) is 32.7. The Morgan fingerprint density at radius 2 is 1.74 bits per heavy atom. The van der Waals surface area contributed by atoms with Crippen LogP contribution in [0, 0.1) is 11.7 Å². The third-order valence-electron chi connectivity index (χ3n) is 11.6. The smallest absolute Gasteiger partial charge is 0.410 e. The topological polar surface area (TPSA) is 210 Å². The summed E-state index contributed by atoms with van der Waals surface area (Å²) in [4.78, 5) is 83.8. The molecule has 3 heterocycles. The van der Waals surface area contributed by atoms with E-state index < -0.39 is 81.3 Å². The molecule has 2 aromatic rings. The lowest BCUT2D eigenvalue weighted by atomic mass is 9.96. The van der Waals surface area contributed by atoms with Gasteiger partial charge in [0.2, 0.25) is 17.7 Å². The minimum atomic E-state index is -4.58. The molecule has 7 rings (SSSR count). The Morgan fingerprint density at radius 3 is 2.47 bits per heavy atom. The van der Waals surface area contributed by atoms with Gasteiger partial charge in [0.05, 0.1) is 18.8 Å². The van der Waals surface area contributed by atoms with E-state index >= 15 is 0 Å². The van der Waals surface area contributed by atoms with E-state index in [2.05, 4.69) is 27.3 Å². The number of sulfonamides is 1. The van der Waals surface area contributed by atoms with Crippen LogP contribution < -0.4 is 20.7 Å². The Kier molecular flexibility index (Phi) is 11.7. The second kappa shape index (κ2) is 16.8. The van der Waals surface area contributed by atoms with Crippen molar-refractivity contribution in [1.29, 1.82) is 0 Å². The van der Waals surface area contributed by atoms with Crippen molar-refractivity contribution in [2.24, 2.45) is 5.92 Å². The van der Waals surface area contributed by atoms with Gasteiger partial charge >= 0.3 is 12.2 Å². The number of alkyl carbamates (subject to hydrolysis) is 1. The van der Waals surface area contributed by atoms with Crippen LogP contribution in [0.15, 0.2) is 60.0 Å². The van der Waals surface area contributed by atoms with Gasteiger partial charge in [-0.25, -0.2) is 27.1 Å². The largest absolute Gasteiger partial charge is 0.446 e. The molecule has 2 aromatic carbocycles. The van der Waals surface area contributed by atoms with E-state index in [1.807, 2.05) is 0 Å². The van der Waals surface area contributed by atoms with E-state index in [1.54, 1.807) is 12.1 Å². The van der Waals surface area contributed by atoms with Crippen molar-refractivity contribution in [1.82, 2.24) is 25.2 Å². The quantitative estimate of drug-likeness (QED) is 0.328. The highest BCUT2D eigenvalue weighted by atomic mass is 32.2. The molecule has 1 saturated heterocycles. The molecule has 2 saturated carbocycles. The number of anilines is 1. The van der Waals surface area contributed by atoms with Gasteiger partial charge in [0, 0.05) is 43.3 Å². The molecule has 0 aromatic heterocycles. The molecule has 2 aliphatic carbocycles. The molecule has 0 radical (unpaired) electrons. The fourth-order valence-corrected chi connectivity index (χ4v) is 9.21. The van der Waals surface area contributed by atoms with Crippen LogP contribution >= 0.6 is 0 Å². The van der Waals surface area contributed by atoms with Crippen molar-refractivity contribution in [2.75, 3.05) is 11.9 Å². The summed E-state index contributed by atoms with van der Waals surface area (Å²) >= 11 is 0. The van der Waals surface area contributed by atoms with Crippen molar-refractivity contribution in [3.05, 3.63) is 72.1 Å². The number of carbonyl (C=O) groups excluding carboxylic acids is 6. The van der Waals surface area contributed by atoms with Crippen LogP contribution in [0.4, 0.5) is 19.7 Å². The number of benzene rings is 2. The Balaban J connectivity index is 1.15. The van der Waals surface area contributed by atoms with Crippen LogP contribution in [0.1, 0.15) is 81.8 Å². The standard InChI is InChI=1S/C40H47FN6O10S/c1-2-25-20-40(25)37(51)45-58(54,55)33-16-7-6-15-31(33)43-34(48)17-5-3-4-11-26(42-38(52)56-27-12-9-13-27)18-35(49)47-22-28(19-32(47)36(50)44-40)57-39(53)46-21-24-10-8-14-30(41)29(24)23-46/h2,6-8,10,14-16,25-28,32H,1,3-5,9,11-13,17-23H2,(H,42,52)(H,43,48)(H,44,50)(H,45,51)/t25-,26?,28+,32-,40-/m0/s1. The van der Waals surface area contributed by atoms with Gasteiger partial charge < -0.3 is 30.3 Å². The number of para-hydroxylation sites is 1. The Hall–Kier alpha value is -5.52. The molecule has 4 N–H and O–H groups in total. The zero-order valence-electron chi connectivity index (χ0n) is 31.9. The number of hydrogen-bond acceptors (Lipinski definition) is 10. The summed E-state index contributed by atoms with van der Waals surface area (Å²) in [5.74, 6) is -3.97. The first-order valence-corrected chi connectivity index (χ1v) is 21.1. The summed E-state index contributed by atoms with van der Waals surface area (Å²) in [5, 5.41) is 8.12. The average Bonchev–Trinajstić information content (AvgIpc) is 3.45. The van der Waals surface area contributed by atoms with E-state index in [4.69, 9.17) is 9.47 Å². The van der Waals surface area contributed by atoms with E-state index in [0.29, 0.717) is 36.8 Å². The predicted molar refractivity (Wildman–Crippen MR) is 204 cm³/mol. The van der Waals surface area contributed by atoms with Crippen LogP contribution in [0.5, 0.6) is 0 Å². The molecule has 5 atom stereocenters. The number of nitrogens with one attached hydrogen (secondary N) is 4. The van der Waals surface area contributed by atoms with E-state index in [-0.39, 0.29) is 62.0 Å². The molecule has 16 nitrogen and oxygen atoms in total. The van der Waals surface area contributed by atoms with Crippen molar-refractivity contribution in [3.63, 3.8) is 0 Å². The zero-order chi connectivity index (χ0) is 41.2. The van der Waals surface area contributed by atoms with Crippen LogP contribution in [-0.4, -0.2) is 90.4 Å². The molecule has 3 fully saturated rings. The second-order valence-electron chi connectivity index (χ2n) is 15.6. The van der Waals surface area contributed by atoms with Crippen LogP contribution in [0.25, 0.3) is 0 Å². The van der Waals surface area contributed by atoms with Crippen molar-refractivity contribution in [3.8, 4) is 0 Å². The van der Waals surface area contributed by atoms with Gasteiger partial charge in [-0.3, -0.25) is 24.1 Å². The van der Waals surface area contributed by atoms with Crippen LogP contribution in [0.2, 0.25) is 0 Å². The average molecular weight is 823 g/mol. The molecule has 0 bridgehead atoms. The van der Waals surface area contributed by atoms with E-state index in [0.717, 1.165) is 19.3 Å². The van der Waals surface area contributed by atoms with Crippen molar-refractivity contribution >= 4 is 51.5 Å². The van der Waals surface area contributed by atoms with Crippen molar-refractivity contribution < 1.29 is 51.0 Å². The molecule has 6 amide bonds. The molecule has 310 valence electrons. The Morgan fingerprint density at radius 1 is 0.948 bits per heavy atom. The Labute approximate surface area is 335 Å². The van der Waals surface area contributed by atoms with Crippen LogP contribution in [-0.2, 0) is 51.8 Å². The van der Waals surface area contributed by atoms with Gasteiger partial charge in [-0.1, -0.05) is 43.2 Å². The molecule has 5 aliphatic rings. The number of nitrogens with zero attached hydrogens (tertiary/aromatic N) is 2. The number of halogens is 1. The van der Waals surface area contributed by atoms with Crippen LogP contribution in [0.3, 0.4) is 0 Å². The first-order valence-electron chi connectivity index (χ1n) is 19.7. The molecular formula is C40H47FN6O10S. The number of ether oxygens (including phenoxy) is 2. The van der Waals surface area contributed by atoms with E-state index in [9.17, 15) is 41.6 Å². The molecule has 1 unspecified atom stereocenters. The maximum Gasteiger partial charge on any atom is 0.410 e. The third-order valence-corrected chi connectivity index (χ3v) is 13.0. The lowest BCUT2D eigenvalue weighted by molar-refractivity contribution is -0.140. The summed E-state index contributed by atoms with van der Waals surface area (Å²) in [5.41, 5.74) is -0.787. The number of carbonyl (C=O) groups is 6. The summed E-state index contributed by atoms with van der Waals surface area (Å²) in [6, 6.07) is 8.20. The summed E-state index contributed by atoms with van der Waals surface area (Å²) in [6.07, 6.45) is 2.59.